The van der Waals surface area contributed by atoms with Gasteiger partial charge in [0.05, 0.1) is 11.2 Å². The van der Waals surface area contributed by atoms with Crippen LogP contribution in [0.5, 0.6) is 0 Å². The molecule has 0 saturated carbocycles. The SMILES string of the molecule is Nc1cccc2[nH]c(CCCO)nc12. The van der Waals surface area contributed by atoms with Gasteiger partial charge in [0.2, 0.25) is 0 Å². The molecule has 2 aromatic rings. The molecule has 0 aliphatic rings. The summed E-state index contributed by atoms with van der Waals surface area (Å²) in [7, 11) is 0. The van der Waals surface area contributed by atoms with Crippen LogP contribution in [0.3, 0.4) is 0 Å². The summed E-state index contributed by atoms with van der Waals surface area (Å²) < 4.78 is 0. The molecule has 4 heteroatoms. The predicted molar refractivity (Wildman–Crippen MR) is 55.9 cm³/mol. The van der Waals surface area contributed by atoms with E-state index < -0.39 is 0 Å². The fraction of sp³-hybridized carbons (Fsp3) is 0.300. The second-order valence-electron chi connectivity index (χ2n) is 3.25. The number of fused-ring (bicyclic) bond motifs is 1. The van der Waals surface area contributed by atoms with Gasteiger partial charge in [-0.2, -0.15) is 0 Å². The highest BCUT2D eigenvalue weighted by molar-refractivity contribution is 5.86. The molecule has 0 spiro atoms. The molecule has 0 unspecified atom stereocenters. The summed E-state index contributed by atoms with van der Waals surface area (Å²) in [6.07, 6.45) is 1.48. The highest BCUT2D eigenvalue weighted by atomic mass is 16.2. The number of aromatic amines is 1. The van der Waals surface area contributed by atoms with Gasteiger partial charge in [0.25, 0.3) is 0 Å². The molecule has 0 radical (unpaired) electrons. The van der Waals surface area contributed by atoms with Crippen LogP contribution in [0.4, 0.5) is 5.69 Å². The van der Waals surface area contributed by atoms with Gasteiger partial charge in [-0.05, 0) is 18.6 Å². The minimum atomic E-state index is 0.187. The maximum Gasteiger partial charge on any atom is 0.111 e. The number of aliphatic hydroxyl groups is 1. The number of rotatable bonds is 3. The molecule has 0 amide bonds. The van der Waals surface area contributed by atoms with E-state index in [9.17, 15) is 0 Å². The number of nitrogens with one attached hydrogen (secondary N) is 1. The topological polar surface area (TPSA) is 74.9 Å². The summed E-state index contributed by atoms with van der Waals surface area (Å²) in [6, 6.07) is 5.67. The van der Waals surface area contributed by atoms with Crippen molar-refractivity contribution in [1.29, 1.82) is 0 Å². The number of imidazole rings is 1. The van der Waals surface area contributed by atoms with Crippen LogP contribution >= 0.6 is 0 Å². The molecule has 0 aliphatic carbocycles. The monoisotopic (exact) mass is 191 g/mol. The summed E-state index contributed by atoms with van der Waals surface area (Å²) in [5.74, 6) is 0.881. The fourth-order valence-electron chi connectivity index (χ4n) is 1.47. The molecule has 1 heterocycles. The van der Waals surface area contributed by atoms with Crippen LogP contribution in [0.25, 0.3) is 11.0 Å². The number of aryl methyl sites for hydroxylation is 1. The number of hydrogen-bond donors (Lipinski definition) is 3. The summed E-state index contributed by atoms with van der Waals surface area (Å²) in [4.78, 5) is 7.53. The van der Waals surface area contributed by atoms with E-state index in [1.165, 1.54) is 0 Å². The molecular weight excluding hydrogens is 178 g/mol. The Balaban J connectivity index is 2.36. The Morgan fingerprint density at radius 3 is 3.00 bits per heavy atom. The van der Waals surface area contributed by atoms with E-state index in [0.29, 0.717) is 5.69 Å². The molecule has 14 heavy (non-hydrogen) atoms. The average molecular weight is 191 g/mol. The summed E-state index contributed by atoms with van der Waals surface area (Å²) in [5.41, 5.74) is 8.23. The molecule has 0 saturated heterocycles. The van der Waals surface area contributed by atoms with Gasteiger partial charge in [-0.1, -0.05) is 6.07 Å². The summed E-state index contributed by atoms with van der Waals surface area (Å²) in [6.45, 7) is 0.187. The van der Waals surface area contributed by atoms with Crippen LogP contribution in [0.1, 0.15) is 12.2 Å². The van der Waals surface area contributed by atoms with Gasteiger partial charge in [-0.15, -0.1) is 0 Å². The third-order valence-corrected chi connectivity index (χ3v) is 2.16. The van der Waals surface area contributed by atoms with Crippen molar-refractivity contribution in [3.8, 4) is 0 Å². The highest BCUT2D eigenvalue weighted by Gasteiger charge is 2.04. The maximum atomic E-state index is 8.69. The number of benzene rings is 1. The smallest absolute Gasteiger partial charge is 0.111 e. The largest absolute Gasteiger partial charge is 0.397 e. The number of aromatic nitrogens is 2. The Hall–Kier alpha value is -1.55. The number of nitrogen functional groups attached to an aromatic ring is 1. The van der Waals surface area contributed by atoms with Crippen molar-refractivity contribution in [2.45, 2.75) is 12.8 Å². The Morgan fingerprint density at radius 2 is 2.29 bits per heavy atom. The fourth-order valence-corrected chi connectivity index (χ4v) is 1.47. The first-order valence-corrected chi connectivity index (χ1v) is 4.65. The Labute approximate surface area is 81.8 Å². The van der Waals surface area contributed by atoms with Gasteiger partial charge < -0.3 is 15.8 Å². The molecule has 0 bridgehead atoms. The Bertz CT molecular complexity index is 436. The first kappa shape index (κ1) is 9.02. The first-order chi connectivity index (χ1) is 6.81. The second kappa shape index (κ2) is 3.67. The van der Waals surface area contributed by atoms with Gasteiger partial charge >= 0.3 is 0 Å². The van der Waals surface area contributed by atoms with Crippen molar-refractivity contribution in [3.05, 3.63) is 24.0 Å². The molecular formula is C10H13N3O. The standard InChI is InChI=1S/C10H13N3O/c11-7-3-1-4-8-10(7)13-9(12-8)5-2-6-14/h1,3-4,14H,2,5-6,11H2,(H,12,13). The minimum Gasteiger partial charge on any atom is -0.397 e. The number of nitrogens with two attached hydrogens (primary N) is 1. The maximum absolute atomic E-state index is 8.69. The van der Waals surface area contributed by atoms with Crippen molar-refractivity contribution in [1.82, 2.24) is 9.97 Å². The van der Waals surface area contributed by atoms with E-state index in [2.05, 4.69) is 9.97 Å². The van der Waals surface area contributed by atoms with E-state index in [-0.39, 0.29) is 6.61 Å². The molecule has 74 valence electrons. The average Bonchev–Trinajstić information content (AvgIpc) is 2.59. The first-order valence-electron chi connectivity index (χ1n) is 4.65. The number of anilines is 1. The van der Waals surface area contributed by atoms with Crippen molar-refractivity contribution in [3.63, 3.8) is 0 Å². The van der Waals surface area contributed by atoms with Crippen molar-refractivity contribution < 1.29 is 5.11 Å². The molecule has 4 N–H and O–H groups in total. The number of nitrogens with zero attached hydrogens (tertiary/aromatic N) is 1. The predicted octanol–water partition coefficient (Wildman–Crippen LogP) is 1.07. The second-order valence-corrected chi connectivity index (χ2v) is 3.25. The minimum absolute atomic E-state index is 0.187. The van der Waals surface area contributed by atoms with Gasteiger partial charge in [0.15, 0.2) is 0 Å². The van der Waals surface area contributed by atoms with E-state index in [1.807, 2.05) is 18.2 Å². The van der Waals surface area contributed by atoms with Crippen molar-refractivity contribution in [2.75, 3.05) is 12.3 Å². The normalized spacial score (nSPS) is 10.9. The number of H-pyrrole nitrogens is 1. The third kappa shape index (κ3) is 1.56. The Morgan fingerprint density at radius 1 is 1.43 bits per heavy atom. The van der Waals surface area contributed by atoms with Crippen LogP contribution in [0.15, 0.2) is 18.2 Å². The number of hydrogen-bond acceptors (Lipinski definition) is 3. The lowest BCUT2D eigenvalue weighted by molar-refractivity contribution is 0.287. The van der Waals surface area contributed by atoms with Crippen molar-refractivity contribution >= 4 is 16.7 Å². The van der Waals surface area contributed by atoms with E-state index in [0.717, 1.165) is 29.7 Å². The van der Waals surface area contributed by atoms with Crippen LogP contribution in [-0.4, -0.2) is 21.7 Å². The zero-order chi connectivity index (χ0) is 9.97. The van der Waals surface area contributed by atoms with Crippen molar-refractivity contribution in [2.24, 2.45) is 0 Å². The Kier molecular flexibility index (Phi) is 2.37. The third-order valence-electron chi connectivity index (χ3n) is 2.16. The zero-order valence-corrected chi connectivity index (χ0v) is 7.83. The van der Waals surface area contributed by atoms with Gasteiger partial charge in [0.1, 0.15) is 11.3 Å². The lowest BCUT2D eigenvalue weighted by Crippen LogP contribution is -1.91. The highest BCUT2D eigenvalue weighted by Crippen LogP contribution is 2.18. The molecule has 1 aromatic carbocycles. The molecule has 1 aromatic heterocycles. The number of para-hydroxylation sites is 1. The van der Waals surface area contributed by atoms with Crippen LogP contribution < -0.4 is 5.73 Å². The lowest BCUT2D eigenvalue weighted by Gasteiger charge is -1.91. The van der Waals surface area contributed by atoms with Crippen LogP contribution in [0.2, 0.25) is 0 Å². The lowest BCUT2D eigenvalue weighted by atomic mass is 10.3. The summed E-state index contributed by atoms with van der Waals surface area (Å²) in [5, 5.41) is 8.69. The van der Waals surface area contributed by atoms with Gasteiger partial charge in [-0.3, -0.25) is 0 Å². The zero-order valence-electron chi connectivity index (χ0n) is 7.83. The molecule has 0 fully saturated rings. The van der Waals surface area contributed by atoms with Gasteiger partial charge in [-0.25, -0.2) is 4.98 Å². The number of aliphatic hydroxyl groups excluding tert-OH is 1. The molecule has 2 rings (SSSR count). The summed E-state index contributed by atoms with van der Waals surface area (Å²) >= 11 is 0. The quantitative estimate of drug-likeness (QED) is 0.635. The van der Waals surface area contributed by atoms with Gasteiger partial charge in [0, 0.05) is 13.0 Å². The van der Waals surface area contributed by atoms with E-state index in [4.69, 9.17) is 10.8 Å². The van der Waals surface area contributed by atoms with Crippen LogP contribution in [0, 0.1) is 0 Å². The van der Waals surface area contributed by atoms with Crippen LogP contribution in [-0.2, 0) is 6.42 Å². The molecule has 4 nitrogen and oxygen atoms in total. The van der Waals surface area contributed by atoms with E-state index >= 15 is 0 Å². The molecule has 0 aliphatic heterocycles. The van der Waals surface area contributed by atoms with E-state index in [1.54, 1.807) is 0 Å². The molecule has 0 atom stereocenters.